The first kappa shape index (κ1) is 12.8. The van der Waals surface area contributed by atoms with Crippen LogP contribution in [0.5, 0.6) is 5.88 Å². The molecule has 6 heteroatoms. The van der Waals surface area contributed by atoms with Crippen LogP contribution in [0.25, 0.3) is 0 Å². The van der Waals surface area contributed by atoms with Gasteiger partial charge >= 0.3 is 5.97 Å². The molecule has 6 nitrogen and oxygen atoms in total. The van der Waals surface area contributed by atoms with E-state index >= 15 is 0 Å². The first-order valence-electron chi connectivity index (χ1n) is 5.88. The molecule has 0 radical (unpaired) electrons. The van der Waals surface area contributed by atoms with Gasteiger partial charge in [0, 0.05) is 32.2 Å². The van der Waals surface area contributed by atoms with Crippen molar-refractivity contribution in [2.45, 2.75) is 12.6 Å². The van der Waals surface area contributed by atoms with Crippen LogP contribution < -0.4 is 10.1 Å². The lowest BCUT2D eigenvalue weighted by Crippen LogP contribution is -2.54. The third-order valence-corrected chi connectivity index (χ3v) is 2.99. The highest BCUT2D eigenvalue weighted by atomic mass is 16.5. The van der Waals surface area contributed by atoms with Gasteiger partial charge in [0.25, 0.3) is 0 Å². The van der Waals surface area contributed by atoms with Crippen molar-refractivity contribution in [3.8, 4) is 5.88 Å². The molecule has 0 saturated carbocycles. The van der Waals surface area contributed by atoms with Crippen molar-refractivity contribution in [3.05, 3.63) is 23.9 Å². The number of ether oxygens (including phenoxy) is 1. The maximum Gasteiger partial charge on any atom is 0.322 e. The van der Waals surface area contributed by atoms with Crippen molar-refractivity contribution < 1.29 is 14.6 Å². The molecule has 0 spiro atoms. The van der Waals surface area contributed by atoms with E-state index in [1.54, 1.807) is 13.2 Å². The molecule has 2 heterocycles. The molecule has 1 fully saturated rings. The van der Waals surface area contributed by atoms with Gasteiger partial charge in [0.2, 0.25) is 5.88 Å². The normalized spacial score (nSPS) is 20.6. The molecule has 1 saturated heterocycles. The fraction of sp³-hybridized carbons (Fsp3) is 0.500. The molecule has 2 rings (SSSR count). The van der Waals surface area contributed by atoms with Crippen LogP contribution in [0.3, 0.4) is 0 Å². The Hall–Kier alpha value is -1.66. The molecule has 0 aliphatic carbocycles. The molecule has 1 aliphatic heterocycles. The van der Waals surface area contributed by atoms with Crippen molar-refractivity contribution in [1.82, 2.24) is 15.2 Å². The second-order valence-corrected chi connectivity index (χ2v) is 4.20. The van der Waals surface area contributed by atoms with E-state index < -0.39 is 12.0 Å². The minimum Gasteiger partial charge on any atom is -0.481 e. The summed E-state index contributed by atoms with van der Waals surface area (Å²) in [5, 5.41) is 12.2. The van der Waals surface area contributed by atoms with Crippen LogP contribution in [-0.2, 0) is 11.3 Å². The van der Waals surface area contributed by atoms with Gasteiger partial charge in [0.1, 0.15) is 6.04 Å². The topological polar surface area (TPSA) is 74.7 Å². The lowest BCUT2D eigenvalue weighted by molar-refractivity contribution is -0.144. The van der Waals surface area contributed by atoms with E-state index in [9.17, 15) is 4.79 Å². The first-order valence-corrected chi connectivity index (χ1v) is 5.88. The number of methoxy groups -OCH3 is 1. The molecule has 98 valence electrons. The van der Waals surface area contributed by atoms with Gasteiger partial charge in [-0.15, -0.1) is 0 Å². The van der Waals surface area contributed by atoms with E-state index in [0.29, 0.717) is 25.5 Å². The zero-order valence-corrected chi connectivity index (χ0v) is 10.3. The number of hydrogen-bond acceptors (Lipinski definition) is 5. The largest absolute Gasteiger partial charge is 0.481 e. The number of carboxylic acids is 1. The van der Waals surface area contributed by atoms with Crippen LogP contribution in [0.4, 0.5) is 0 Å². The van der Waals surface area contributed by atoms with E-state index in [0.717, 1.165) is 12.2 Å². The van der Waals surface area contributed by atoms with Gasteiger partial charge in [-0.05, 0) is 6.07 Å². The predicted octanol–water partition coefficient (Wildman–Crippen LogP) is -0.0514. The second kappa shape index (κ2) is 5.79. The van der Waals surface area contributed by atoms with Gasteiger partial charge in [-0.3, -0.25) is 9.69 Å². The molecule has 1 aromatic rings. The third-order valence-electron chi connectivity index (χ3n) is 2.99. The van der Waals surface area contributed by atoms with Gasteiger partial charge < -0.3 is 15.2 Å². The number of nitrogens with one attached hydrogen (secondary N) is 1. The average molecular weight is 251 g/mol. The Morgan fingerprint density at radius 1 is 1.67 bits per heavy atom. The maximum atomic E-state index is 11.2. The molecular formula is C12H17N3O3. The average Bonchev–Trinajstić information content (AvgIpc) is 2.39. The van der Waals surface area contributed by atoms with Crippen molar-refractivity contribution in [3.63, 3.8) is 0 Å². The summed E-state index contributed by atoms with van der Waals surface area (Å²) in [6.07, 6.45) is 0. The van der Waals surface area contributed by atoms with E-state index in [1.165, 1.54) is 0 Å². The van der Waals surface area contributed by atoms with Gasteiger partial charge in [-0.1, -0.05) is 6.07 Å². The molecule has 0 aromatic carbocycles. The standard InChI is InChI=1S/C12H17N3O3/c1-18-11-4-2-3-9(14-11)8-15-6-5-13-7-10(15)12(16)17/h2-4,10,13H,5-8H2,1H3,(H,16,17). The molecule has 18 heavy (non-hydrogen) atoms. The fourth-order valence-electron chi connectivity index (χ4n) is 2.05. The number of aliphatic carboxylic acids is 1. The SMILES string of the molecule is COc1cccc(CN2CCNCC2C(=O)O)n1. The van der Waals surface area contributed by atoms with E-state index in [1.807, 2.05) is 17.0 Å². The van der Waals surface area contributed by atoms with Crippen molar-refractivity contribution in [2.24, 2.45) is 0 Å². The number of carbonyl (C=O) groups is 1. The first-order chi connectivity index (χ1) is 8.70. The minimum atomic E-state index is -0.801. The molecule has 1 aliphatic rings. The molecule has 1 atom stereocenters. The summed E-state index contributed by atoms with van der Waals surface area (Å²) in [6, 6.07) is 5.02. The third kappa shape index (κ3) is 2.96. The molecular weight excluding hydrogens is 234 g/mol. The zero-order valence-electron chi connectivity index (χ0n) is 10.3. The lowest BCUT2D eigenvalue weighted by atomic mass is 10.2. The van der Waals surface area contributed by atoms with Gasteiger partial charge in [-0.25, -0.2) is 4.98 Å². The molecule has 0 bridgehead atoms. The smallest absolute Gasteiger partial charge is 0.322 e. The van der Waals surface area contributed by atoms with Crippen LogP contribution in [-0.4, -0.2) is 53.7 Å². The summed E-state index contributed by atoms with van der Waals surface area (Å²) in [7, 11) is 1.57. The van der Waals surface area contributed by atoms with E-state index in [-0.39, 0.29) is 0 Å². The Bertz CT molecular complexity index is 425. The number of pyridine rings is 1. The highest BCUT2D eigenvalue weighted by molar-refractivity contribution is 5.73. The minimum absolute atomic E-state index is 0.472. The highest BCUT2D eigenvalue weighted by Crippen LogP contribution is 2.12. The zero-order chi connectivity index (χ0) is 13.0. The molecule has 2 N–H and O–H groups in total. The van der Waals surface area contributed by atoms with Crippen LogP contribution in [0.1, 0.15) is 5.69 Å². The summed E-state index contributed by atoms with van der Waals surface area (Å²) in [5.41, 5.74) is 0.822. The number of rotatable bonds is 4. The Kier molecular flexibility index (Phi) is 4.11. The number of hydrogen-bond donors (Lipinski definition) is 2. The van der Waals surface area contributed by atoms with Gasteiger partial charge in [0.05, 0.1) is 12.8 Å². The Balaban J connectivity index is 2.08. The summed E-state index contributed by atoms with van der Waals surface area (Å²) in [5.74, 6) is -0.250. The van der Waals surface area contributed by atoms with Gasteiger partial charge in [0.15, 0.2) is 0 Å². The number of nitrogens with zero attached hydrogens (tertiary/aromatic N) is 2. The monoisotopic (exact) mass is 251 g/mol. The van der Waals surface area contributed by atoms with Crippen molar-refractivity contribution in [2.75, 3.05) is 26.7 Å². The van der Waals surface area contributed by atoms with Crippen LogP contribution in [0, 0.1) is 0 Å². The fourth-order valence-corrected chi connectivity index (χ4v) is 2.05. The van der Waals surface area contributed by atoms with E-state index in [4.69, 9.17) is 9.84 Å². The Labute approximate surface area is 106 Å². The second-order valence-electron chi connectivity index (χ2n) is 4.20. The van der Waals surface area contributed by atoms with Crippen molar-refractivity contribution >= 4 is 5.97 Å². The summed E-state index contributed by atoms with van der Waals surface area (Å²) >= 11 is 0. The molecule has 1 unspecified atom stereocenters. The molecule has 0 amide bonds. The van der Waals surface area contributed by atoms with Crippen LogP contribution in [0.2, 0.25) is 0 Å². The summed E-state index contributed by atoms with van der Waals surface area (Å²) < 4.78 is 5.06. The Morgan fingerprint density at radius 3 is 3.22 bits per heavy atom. The predicted molar refractivity (Wildman–Crippen MR) is 65.5 cm³/mol. The number of aromatic nitrogens is 1. The highest BCUT2D eigenvalue weighted by Gasteiger charge is 2.28. The quantitative estimate of drug-likeness (QED) is 0.781. The van der Waals surface area contributed by atoms with Crippen LogP contribution >= 0.6 is 0 Å². The summed E-state index contributed by atoms with van der Waals surface area (Å²) in [6.45, 7) is 2.50. The van der Waals surface area contributed by atoms with Crippen molar-refractivity contribution in [1.29, 1.82) is 0 Å². The summed E-state index contributed by atoms with van der Waals surface area (Å²) in [4.78, 5) is 17.4. The lowest BCUT2D eigenvalue weighted by Gasteiger charge is -2.33. The van der Waals surface area contributed by atoms with E-state index in [2.05, 4.69) is 10.3 Å². The van der Waals surface area contributed by atoms with Crippen LogP contribution in [0.15, 0.2) is 18.2 Å². The maximum absolute atomic E-state index is 11.2. The van der Waals surface area contributed by atoms with Gasteiger partial charge in [-0.2, -0.15) is 0 Å². The number of carboxylic acid groups (broad SMARTS) is 1. The number of piperazine rings is 1. The molecule has 1 aromatic heterocycles. The Morgan fingerprint density at radius 2 is 2.50 bits per heavy atom.